The number of carbonyl (C=O) groups excluding carboxylic acids is 1. The lowest BCUT2D eigenvalue weighted by molar-refractivity contribution is -0.119. The summed E-state index contributed by atoms with van der Waals surface area (Å²) in [5, 5.41) is 7.52. The molecule has 1 atom stereocenters. The maximum absolute atomic E-state index is 12.3. The van der Waals surface area contributed by atoms with Crippen molar-refractivity contribution in [3.8, 4) is 5.75 Å². The first-order chi connectivity index (χ1) is 9.92. The van der Waals surface area contributed by atoms with Crippen LogP contribution in [0.15, 0.2) is 24.4 Å². The van der Waals surface area contributed by atoms with Crippen molar-refractivity contribution in [2.24, 2.45) is 0 Å². The number of nitrogens with two attached hydrogens (primary N) is 1. The van der Waals surface area contributed by atoms with E-state index in [-0.39, 0.29) is 5.91 Å². The second-order valence-corrected chi connectivity index (χ2v) is 5.07. The molecule has 1 heterocycles. The van der Waals surface area contributed by atoms with Gasteiger partial charge in [0.15, 0.2) is 0 Å². The van der Waals surface area contributed by atoms with Gasteiger partial charge < -0.3 is 15.8 Å². The highest BCUT2D eigenvalue weighted by molar-refractivity contribution is 6.31. The smallest absolute Gasteiger partial charge is 0.249 e. The Morgan fingerprint density at radius 2 is 2.24 bits per heavy atom. The number of aromatic nitrogens is 2. The van der Waals surface area contributed by atoms with E-state index in [2.05, 4.69) is 10.4 Å². The zero-order valence-corrected chi connectivity index (χ0v) is 12.8. The Bertz CT molecular complexity index is 649. The number of rotatable bonds is 4. The molecule has 3 N–H and O–H groups in total. The van der Waals surface area contributed by atoms with Crippen molar-refractivity contribution in [1.82, 2.24) is 9.78 Å². The van der Waals surface area contributed by atoms with E-state index in [0.29, 0.717) is 27.8 Å². The predicted octanol–water partition coefficient (Wildman–Crippen LogP) is 2.64. The number of nitrogen functional groups attached to an aromatic ring is 1. The molecule has 0 saturated carbocycles. The molecule has 1 unspecified atom stereocenters. The summed E-state index contributed by atoms with van der Waals surface area (Å²) < 4.78 is 6.72. The number of nitrogens with one attached hydrogen (secondary N) is 1. The summed E-state index contributed by atoms with van der Waals surface area (Å²) in [4.78, 5) is 12.3. The Morgan fingerprint density at radius 3 is 2.81 bits per heavy atom. The lowest BCUT2D eigenvalue weighted by atomic mass is 10.2. The molecule has 1 aromatic heterocycles. The van der Waals surface area contributed by atoms with E-state index >= 15 is 0 Å². The van der Waals surface area contributed by atoms with Crippen LogP contribution in [0.3, 0.4) is 0 Å². The van der Waals surface area contributed by atoms with E-state index in [4.69, 9.17) is 22.1 Å². The maximum atomic E-state index is 12.3. The van der Waals surface area contributed by atoms with Gasteiger partial charge in [0.2, 0.25) is 5.91 Å². The number of halogens is 1. The Balaban J connectivity index is 2.17. The van der Waals surface area contributed by atoms with Gasteiger partial charge in [0.25, 0.3) is 0 Å². The van der Waals surface area contributed by atoms with Crippen LogP contribution in [0, 0.1) is 6.92 Å². The molecule has 112 valence electrons. The maximum Gasteiger partial charge on any atom is 0.249 e. The van der Waals surface area contributed by atoms with Crippen LogP contribution in [-0.4, -0.2) is 22.8 Å². The van der Waals surface area contributed by atoms with Gasteiger partial charge in [0, 0.05) is 18.0 Å². The van der Waals surface area contributed by atoms with Crippen molar-refractivity contribution < 1.29 is 9.53 Å². The van der Waals surface area contributed by atoms with Crippen molar-refractivity contribution in [1.29, 1.82) is 0 Å². The summed E-state index contributed by atoms with van der Waals surface area (Å²) in [7, 11) is 1.52. The van der Waals surface area contributed by atoms with Crippen LogP contribution in [0.5, 0.6) is 5.75 Å². The van der Waals surface area contributed by atoms with E-state index in [1.165, 1.54) is 11.8 Å². The molecule has 0 fully saturated rings. The molecule has 0 saturated heterocycles. The number of benzene rings is 1. The molecule has 0 spiro atoms. The Labute approximate surface area is 127 Å². The first kappa shape index (κ1) is 15.2. The fourth-order valence-electron chi connectivity index (χ4n) is 1.83. The molecule has 0 bridgehead atoms. The highest BCUT2D eigenvalue weighted by atomic mass is 35.5. The van der Waals surface area contributed by atoms with Crippen LogP contribution in [0.25, 0.3) is 0 Å². The normalized spacial score (nSPS) is 12.0. The molecule has 21 heavy (non-hydrogen) atoms. The van der Waals surface area contributed by atoms with Gasteiger partial charge in [-0.3, -0.25) is 9.48 Å². The number of methoxy groups -OCH3 is 1. The number of anilines is 2. The Morgan fingerprint density at radius 1 is 1.52 bits per heavy atom. The number of hydrogen-bond donors (Lipinski definition) is 2. The van der Waals surface area contributed by atoms with Crippen molar-refractivity contribution in [2.45, 2.75) is 19.9 Å². The molecular weight excluding hydrogens is 292 g/mol. The number of carbonyl (C=O) groups is 1. The van der Waals surface area contributed by atoms with Crippen LogP contribution in [-0.2, 0) is 4.79 Å². The fourth-order valence-corrected chi connectivity index (χ4v) is 1.96. The SMILES string of the molecule is COc1cc(N)ccc1NC(=O)C(C)n1cc(Cl)c(C)n1. The van der Waals surface area contributed by atoms with Crippen LogP contribution in [0.2, 0.25) is 5.02 Å². The summed E-state index contributed by atoms with van der Waals surface area (Å²) in [6.07, 6.45) is 1.63. The first-order valence-corrected chi connectivity index (χ1v) is 6.75. The second-order valence-electron chi connectivity index (χ2n) is 4.67. The number of ether oxygens (including phenoxy) is 1. The van der Waals surface area contributed by atoms with Gasteiger partial charge in [0.1, 0.15) is 11.8 Å². The molecule has 6 nitrogen and oxygen atoms in total. The van der Waals surface area contributed by atoms with Gasteiger partial charge in [-0.25, -0.2) is 0 Å². The first-order valence-electron chi connectivity index (χ1n) is 6.38. The summed E-state index contributed by atoms with van der Waals surface area (Å²) in [5.41, 5.74) is 7.48. The fraction of sp³-hybridized carbons (Fsp3) is 0.286. The molecule has 1 amide bonds. The number of amides is 1. The predicted molar refractivity (Wildman–Crippen MR) is 82.7 cm³/mol. The van der Waals surface area contributed by atoms with Crippen molar-refractivity contribution in [3.05, 3.63) is 35.1 Å². The third-order valence-corrected chi connectivity index (χ3v) is 3.49. The highest BCUT2D eigenvalue weighted by Crippen LogP contribution is 2.27. The van der Waals surface area contributed by atoms with Crippen LogP contribution >= 0.6 is 11.6 Å². The quantitative estimate of drug-likeness (QED) is 0.851. The molecule has 2 rings (SSSR count). The van der Waals surface area contributed by atoms with Gasteiger partial charge in [-0.2, -0.15) is 5.10 Å². The van der Waals surface area contributed by atoms with Crippen molar-refractivity contribution in [2.75, 3.05) is 18.2 Å². The van der Waals surface area contributed by atoms with E-state index < -0.39 is 6.04 Å². The Hall–Kier alpha value is -2.21. The number of aryl methyl sites for hydroxylation is 1. The lowest BCUT2D eigenvalue weighted by Gasteiger charge is -2.15. The Kier molecular flexibility index (Phi) is 4.37. The third kappa shape index (κ3) is 3.28. The van der Waals surface area contributed by atoms with Crippen LogP contribution < -0.4 is 15.8 Å². The molecule has 0 radical (unpaired) electrons. The summed E-state index contributed by atoms with van der Waals surface area (Å²) in [5.74, 6) is 0.280. The standard InChI is InChI=1S/C14H17ClN4O2/c1-8-11(15)7-19(18-8)9(2)14(20)17-12-5-4-10(16)6-13(12)21-3/h4-7,9H,16H2,1-3H3,(H,17,20). The van der Waals surface area contributed by atoms with E-state index in [1.54, 1.807) is 38.2 Å². The summed E-state index contributed by atoms with van der Waals surface area (Å²) >= 11 is 5.95. The van der Waals surface area contributed by atoms with E-state index in [0.717, 1.165) is 0 Å². The summed E-state index contributed by atoms with van der Waals surface area (Å²) in [6.45, 7) is 3.52. The van der Waals surface area contributed by atoms with Gasteiger partial charge in [-0.1, -0.05) is 11.6 Å². The minimum Gasteiger partial charge on any atom is -0.494 e. The number of hydrogen-bond acceptors (Lipinski definition) is 4. The zero-order chi connectivity index (χ0) is 15.6. The van der Waals surface area contributed by atoms with Crippen LogP contribution in [0.1, 0.15) is 18.7 Å². The molecule has 2 aromatic rings. The minimum absolute atomic E-state index is 0.225. The van der Waals surface area contributed by atoms with E-state index in [1.807, 2.05) is 0 Å². The van der Waals surface area contributed by atoms with Crippen LogP contribution in [0.4, 0.5) is 11.4 Å². The van der Waals surface area contributed by atoms with Gasteiger partial charge in [-0.15, -0.1) is 0 Å². The molecular formula is C14H17ClN4O2. The second kappa shape index (κ2) is 6.05. The molecule has 0 aliphatic heterocycles. The lowest BCUT2D eigenvalue weighted by Crippen LogP contribution is -2.24. The molecule has 0 aliphatic rings. The molecule has 7 heteroatoms. The molecule has 0 aliphatic carbocycles. The minimum atomic E-state index is -0.501. The van der Waals surface area contributed by atoms with Gasteiger partial charge >= 0.3 is 0 Å². The molecule has 1 aromatic carbocycles. The zero-order valence-electron chi connectivity index (χ0n) is 12.1. The third-order valence-electron chi connectivity index (χ3n) is 3.12. The van der Waals surface area contributed by atoms with Crippen molar-refractivity contribution >= 4 is 28.9 Å². The highest BCUT2D eigenvalue weighted by Gasteiger charge is 2.18. The van der Waals surface area contributed by atoms with E-state index in [9.17, 15) is 4.79 Å². The topological polar surface area (TPSA) is 82.2 Å². The average Bonchev–Trinajstić information content (AvgIpc) is 2.79. The monoisotopic (exact) mass is 308 g/mol. The van der Waals surface area contributed by atoms with Gasteiger partial charge in [-0.05, 0) is 26.0 Å². The van der Waals surface area contributed by atoms with Crippen molar-refractivity contribution in [3.63, 3.8) is 0 Å². The summed E-state index contributed by atoms with van der Waals surface area (Å²) in [6, 6.07) is 4.53. The van der Waals surface area contributed by atoms with Gasteiger partial charge in [0.05, 0.1) is 23.5 Å². The largest absolute Gasteiger partial charge is 0.494 e. The number of nitrogens with zero attached hydrogens (tertiary/aromatic N) is 2. The average molecular weight is 309 g/mol.